The van der Waals surface area contributed by atoms with E-state index in [1.54, 1.807) is 6.07 Å². The molecule has 0 saturated carbocycles. The highest BCUT2D eigenvalue weighted by atomic mass is 15.5. The van der Waals surface area contributed by atoms with Gasteiger partial charge in [-0.1, -0.05) is 6.07 Å². The molecule has 0 fully saturated rings. The van der Waals surface area contributed by atoms with Crippen LogP contribution in [-0.2, 0) is 0 Å². The Bertz CT molecular complexity index is 693. The molecule has 9 heteroatoms. The molecular weight excluding hydrogens is 258 g/mol. The fraction of sp³-hybridized carbons (Fsp3) is 0.0909. The van der Waals surface area contributed by atoms with Crippen LogP contribution < -0.4 is 11.2 Å². The van der Waals surface area contributed by atoms with E-state index in [9.17, 15) is 0 Å². The SMILES string of the molecule is Cc1ccc(-n2cnnn2)c(N/N=C(\C#N)C(=N)N)c1. The molecule has 0 aliphatic heterocycles. The zero-order valence-corrected chi connectivity index (χ0v) is 10.6. The molecule has 0 aliphatic carbocycles. The minimum Gasteiger partial charge on any atom is -0.382 e. The molecular formula is C11H11N9. The summed E-state index contributed by atoms with van der Waals surface area (Å²) in [6, 6.07) is 7.25. The molecule has 9 nitrogen and oxygen atoms in total. The Labute approximate surface area is 114 Å². The number of amidine groups is 1. The van der Waals surface area contributed by atoms with Crippen molar-refractivity contribution in [3.05, 3.63) is 30.1 Å². The number of nitriles is 1. The molecule has 1 aromatic carbocycles. The summed E-state index contributed by atoms with van der Waals surface area (Å²) >= 11 is 0. The number of hydrazone groups is 1. The van der Waals surface area contributed by atoms with Crippen LogP contribution in [0, 0.1) is 23.7 Å². The Balaban J connectivity index is 2.39. The van der Waals surface area contributed by atoms with E-state index < -0.39 is 5.84 Å². The second kappa shape index (κ2) is 5.57. The van der Waals surface area contributed by atoms with Crippen LogP contribution in [0.15, 0.2) is 29.6 Å². The van der Waals surface area contributed by atoms with Gasteiger partial charge in [-0.3, -0.25) is 10.8 Å². The number of nitrogens with one attached hydrogen (secondary N) is 2. The second-order valence-electron chi connectivity index (χ2n) is 3.87. The van der Waals surface area contributed by atoms with Crippen LogP contribution in [0.3, 0.4) is 0 Å². The number of hydrogen-bond donors (Lipinski definition) is 3. The van der Waals surface area contributed by atoms with Gasteiger partial charge in [-0.2, -0.15) is 15.0 Å². The third kappa shape index (κ3) is 2.75. The predicted octanol–water partition coefficient (Wildman–Crippen LogP) is 0.198. The number of nitrogens with two attached hydrogens (primary N) is 1. The van der Waals surface area contributed by atoms with Crippen molar-refractivity contribution >= 4 is 17.2 Å². The summed E-state index contributed by atoms with van der Waals surface area (Å²) in [7, 11) is 0. The standard InChI is InChI=1S/C11H11N9/c1-7-2-3-10(20-6-15-18-19-20)8(4-7)16-17-9(5-12)11(13)14/h2-4,6,16H,1H3,(H3,13,14)/b17-9+. The molecule has 2 aromatic rings. The normalized spacial score (nSPS) is 10.9. The van der Waals surface area contributed by atoms with Crippen LogP contribution in [0.2, 0.25) is 0 Å². The monoisotopic (exact) mass is 269 g/mol. The highest BCUT2D eigenvalue weighted by Gasteiger charge is 2.07. The van der Waals surface area contributed by atoms with E-state index >= 15 is 0 Å². The minimum atomic E-state index is -0.406. The first-order valence-corrected chi connectivity index (χ1v) is 5.54. The van der Waals surface area contributed by atoms with Gasteiger partial charge in [0.05, 0.1) is 11.4 Å². The smallest absolute Gasteiger partial charge is 0.201 e. The molecule has 1 heterocycles. The summed E-state index contributed by atoms with van der Waals surface area (Å²) in [4.78, 5) is 0. The van der Waals surface area contributed by atoms with Crippen LogP contribution in [0.25, 0.3) is 5.69 Å². The van der Waals surface area contributed by atoms with E-state index in [-0.39, 0.29) is 5.71 Å². The van der Waals surface area contributed by atoms with E-state index in [0.29, 0.717) is 11.4 Å². The van der Waals surface area contributed by atoms with Crippen LogP contribution >= 0.6 is 0 Å². The molecule has 1 aromatic heterocycles. The van der Waals surface area contributed by atoms with Crippen LogP contribution in [0.4, 0.5) is 5.69 Å². The van der Waals surface area contributed by atoms with E-state index in [4.69, 9.17) is 16.4 Å². The van der Waals surface area contributed by atoms with Gasteiger partial charge < -0.3 is 5.73 Å². The molecule has 2 rings (SSSR count). The van der Waals surface area contributed by atoms with Crippen molar-refractivity contribution in [3.8, 4) is 11.8 Å². The van der Waals surface area contributed by atoms with E-state index in [2.05, 4.69) is 26.1 Å². The van der Waals surface area contributed by atoms with Crippen molar-refractivity contribution in [1.29, 1.82) is 10.7 Å². The molecule has 0 unspecified atom stereocenters. The third-order valence-corrected chi connectivity index (χ3v) is 2.40. The van der Waals surface area contributed by atoms with E-state index in [0.717, 1.165) is 5.56 Å². The summed E-state index contributed by atoms with van der Waals surface area (Å²) in [6.07, 6.45) is 1.44. The highest BCUT2D eigenvalue weighted by Crippen LogP contribution is 2.20. The van der Waals surface area contributed by atoms with Gasteiger partial charge in [-0.05, 0) is 35.0 Å². The maximum atomic E-state index is 8.80. The zero-order valence-electron chi connectivity index (χ0n) is 10.6. The second-order valence-corrected chi connectivity index (χ2v) is 3.87. The summed E-state index contributed by atoms with van der Waals surface area (Å²) in [5.41, 5.74) is 9.96. The number of nitrogens with zero attached hydrogens (tertiary/aromatic N) is 6. The van der Waals surface area contributed by atoms with E-state index in [1.807, 2.05) is 25.1 Å². The molecule has 4 N–H and O–H groups in total. The average molecular weight is 269 g/mol. The number of benzene rings is 1. The Morgan fingerprint density at radius 2 is 2.35 bits per heavy atom. The quantitative estimate of drug-likeness (QED) is 0.411. The number of aryl methyl sites for hydroxylation is 1. The Kier molecular flexibility index (Phi) is 3.67. The van der Waals surface area contributed by atoms with E-state index in [1.165, 1.54) is 11.0 Å². The maximum Gasteiger partial charge on any atom is 0.201 e. The third-order valence-electron chi connectivity index (χ3n) is 2.40. The van der Waals surface area contributed by atoms with Crippen LogP contribution in [-0.4, -0.2) is 31.8 Å². The molecule has 0 radical (unpaired) electrons. The van der Waals surface area contributed by atoms with Crippen molar-refractivity contribution < 1.29 is 0 Å². The average Bonchev–Trinajstić information content (AvgIpc) is 2.93. The first-order valence-electron chi connectivity index (χ1n) is 5.54. The first-order chi connectivity index (χ1) is 9.61. The highest BCUT2D eigenvalue weighted by molar-refractivity contribution is 6.45. The molecule has 0 aliphatic rings. The molecule has 0 bridgehead atoms. The number of aromatic nitrogens is 4. The molecule has 20 heavy (non-hydrogen) atoms. The molecule has 100 valence electrons. The van der Waals surface area contributed by atoms with Gasteiger partial charge in [0, 0.05) is 0 Å². The molecule has 0 amide bonds. The number of tetrazole rings is 1. The van der Waals surface area contributed by atoms with Crippen molar-refractivity contribution in [2.24, 2.45) is 10.8 Å². The van der Waals surface area contributed by atoms with Gasteiger partial charge in [0.25, 0.3) is 0 Å². The van der Waals surface area contributed by atoms with Gasteiger partial charge in [0.2, 0.25) is 5.71 Å². The van der Waals surface area contributed by atoms with Gasteiger partial charge >= 0.3 is 0 Å². The number of anilines is 1. The summed E-state index contributed by atoms with van der Waals surface area (Å²) < 4.78 is 1.46. The molecule has 0 spiro atoms. The van der Waals surface area contributed by atoms with Crippen molar-refractivity contribution in [3.63, 3.8) is 0 Å². The Morgan fingerprint density at radius 1 is 1.55 bits per heavy atom. The largest absolute Gasteiger partial charge is 0.382 e. The number of rotatable bonds is 4. The van der Waals surface area contributed by atoms with Gasteiger partial charge in [0.15, 0.2) is 5.84 Å². The predicted molar refractivity (Wildman–Crippen MR) is 72.5 cm³/mol. The Hall–Kier alpha value is -3.28. The topological polar surface area (TPSA) is 142 Å². The van der Waals surface area contributed by atoms with Crippen molar-refractivity contribution in [2.45, 2.75) is 6.92 Å². The fourth-order valence-corrected chi connectivity index (χ4v) is 1.47. The maximum absolute atomic E-state index is 8.80. The molecule has 0 saturated heterocycles. The molecule has 0 atom stereocenters. The lowest BCUT2D eigenvalue weighted by atomic mass is 10.2. The zero-order chi connectivity index (χ0) is 14.5. The first kappa shape index (κ1) is 13.2. The lowest BCUT2D eigenvalue weighted by Crippen LogP contribution is -2.22. The lowest BCUT2D eigenvalue weighted by Gasteiger charge is -2.09. The fourth-order valence-electron chi connectivity index (χ4n) is 1.47. The number of hydrogen-bond acceptors (Lipinski definition) is 7. The minimum absolute atomic E-state index is 0.200. The van der Waals surface area contributed by atoms with Crippen molar-refractivity contribution in [1.82, 2.24) is 20.2 Å². The summed E-state index contributed by atoms with van der Waals surface area (Å²) in [5.74, 6) is -0.406. The lowest BCUT2D eigenvalue weighted by molar-refractivity contribution is 0.789. The summed E-state index contributed by atoms with van der Waals surface area (Å²) in [5, 5.41) is 30.7. The van der Waals surface area contributed by atoms with Gasteiger partial charge in [0.1, 0.15) is 12.4 Å². The summed E-state index contributed by atoms with van der Waals surface area (Å²) in [6.45, 7) is 1.91. The van der Waals surface area contributed by atoms with Gasteiger partial charge in [-0.25, -0.2) is 0 Å². The van der Waals surface area contributed by atoms with Crippen LogP contribution in [0.5, 0.6) is 0 Å². The van der Waals surface area contributed by atoms with Gasteiger partial charge in [-0.15, -0.1) is 5.10 Å². The Morgan fingerprint density at radius 3 is 2.95 bits per heavy atom. The van der Waals surface area contributed by atoms with Crippen LogP contribution in [0.1, 0.15) is 5.56 Å². The van der Waals surface area contributed by atoms with Crippen molar-refractivity contribution in [2.75, 3.05) is 5.43 Å².